The number of aliphatic imine (C=N–C) groups is 1. The van der Waals surface area contributed by atoms with Crippen LogP contribution in [-0.4, -0.2) is 20.2 Å². The lowest BCUT2D eigenvalue weighted by atomic mass is 9.99. The summed E-state index contributed by atoms with van der Waals surface area (Å²) >= 11 is 26.0. The van der Waals surface area contributed by atoms with Crippen molar-refractivity contribution in [1.82, 2.24) is 14.5 Å². The molecule has 2 aliphatic carbocycles. The van der Waals surface area contributed by atoms with E-state index in [4.69, 9.17) is 37.7 Å². The largest absolute Gasteiger partial charge is 0.464 e. The summed E-state index contributed by atoms with van der Waals surface area (Å²) in [6.45, 7) is 0. The normalized spacial score (nSPS) is 17.8. The summed E-state index contributed by atoms with van der Waals surface area (Å²) in [5.74, 6) is 1.47. The Morgan fingerprint density at radius 2 is 1.33 bits per heavy atom. The van der Waals surface area contributed by atoms with Crippen LogP contribution in [0.2, 0.25) is 10.0 Å². The lowest BCUT2D eigenvalue weighted by Gasteiger charge is -2.29. The van der Waals surface area contributed by atoms with Gasteiger partial charge < -0.3 is 9.47 Å². The van der Waals surface area contributed by atoms with Gasteiger partial charge in [-0.15, -0.1) is 22.7 Å². The van der Waals surface area contributed by atoms with E-state index in [1.54, 1.807) is 28.7 Å². The third-order valence-electron chi connectivity index (χ3n) is 10.2. The smallest absolute Gasteiger partial charge is 0.226 e. The van der Waals surface area contributed by atoms with Gasteiger partial charge in [0.05, 0.1) is 47.8 Å². The zero-order chi connectivity index (χ0) is 39.1. The number of benzene rings is 4. The molecule has 0 radical (unpaired) electrons. The third kappa shape index (κ3) is 7.81. The van der Waals surface area contributed by atoms with E-state index in [-0.39, 0.29) is 25.3 Å². The lowest BCUT2D eigenvalue weighted by molar-refractivity contribution is 0.175. The number of nitrogens with zero attached hydrogens (tertiary/aromatic N) is 4. The van der Waals surface area contributed by atoms with Crippen LogP contribution >= 0.6 is 93.7 Å². The van der Waals surface area contributed by atoms with Crippen molar-refractivity contribution in [3.63, 3.8) is 0 Å². The first-order valence-corrected chi connectivity index (χ1v) is 22.9. The molecular formula is C43H31Br3Cl2F2N4O2S2. The van der Waals surface area contributed by atoms with Crippen LogP contribution in [0.5, 0.6) is 11.5 Å². The summed E-state index contributed by atoms with van der Waals surface area (Å²) < 4.78 is 46.4. The summed E-state index contributed by atoms with van der Waals surface area (Å²) in [6.07, 6.45) is 8.03. The highest BCUT2D eigenvalue weighted by atomic mass is 79.9. The minimum absolute atomic E-state index is 0. The van der Waals surface area contributed by atoms with Crippen molar-refractivity contribution < 1.29 is 18.3 Å². The fourth-order valence-corrected chi connectivity index (χ4v) is 10.9. The van der Waals surface area contributed by atoms with Crippen LogP contribution in [0.4, 0.5) is 8.78 Å². The van der Waals surface area contributed by atoms with Crippen molar-refractivity contribution in [3.8, 4) is 22.8 Å². The van der Waals surface area contributed by atoms with Gasteiger partial charge in [-0.1, -0.05) is 78.4 Å². The highest BCUT2D eigenvalue weighted by Crippen LogP contribution is 2.49. The molecule has 4 aromatic carbocycles. The van der Waals surface area contributed by atoms with Crippen molar-refractivity contribution in [1.29, 1.82) is 0 Å². The number of fused-ring (bicyclic) bond motifs is 6. The van der Waals surface area contributed by atoms with E-state index in [1.807, 2.05) is 60.9 Å². The van der Waals surface area contributed by atoms with Gasteiger partial charge in [0.1, 0.15) is 23.1 Å². The van der Waals surface area contributed by atoms with E-state index in [0.717, 1.165) is 46.4 Å². The third-order valence-corrected chi connectivity index (χ3v) is 14.7. The van der Waals surface area contributed by atoms with Crippen molar-refractivity contribution in [2.45, 2.75) is 63.8 Å². The molecular weight excluding hydrogens is 1020 g/mol. The summed E-state index contributed by atoms with van der Waals surface area (Å²) in [5, 5.41) is 4.52. The Morgan fingerprint density at radius 1 is 0.724 bits per heavy atom. The number of hydrogen-bond acceptors (Lipinski definition) is 7. The van der Waals surface area contributed by atoms with E-state index >= 15 is 0 Å². The van der Waals surface area contributed by atoms with Gasteiger partial charge in [0.25, 0.3) is 0 Å². The van der Waals surface area contributed by atoms with Gasteiger partial charge in [-0.3, -0.25) is 4.57 Å². The van der Waals surface area contributed by atoms with E-state index in [0.29, 0.717) is 65.6 Å². The van der Waals surface area contributed by atoms with Gasteiger partial charge >= 0.3 is 0 Å². The molecule has 58 heavy (non-hydrogen) atoms. The van der Waals surface area contributed by atoms with Crippen LogP contribution in [0, 0.1) is 11.6 Å². The van der Waals surface area contributed by atoms with Crippen LogP contribution in [-0.2, 0) is 6.42 Å². The maximum Gasteiger partial charge on any atom is 0.226 e. The molecule has 5 heterocycles. The molecule has 2 unspecified atom stereocenters. The Labute approximate surface area is 376 Å². The fraction of sp³-hybridized carbons (Fsp3) is 0.233. The number of ether oxygens (including phenoxy) is 2. The second-order valence-corrected chi connectivity index (χ2v) is 20.0. The molecule has 3 aromatic heterocycles. The van der Waals surface area contributed by atoms with E-state index in [9.17, 15) is 8.78 Å². The molecule has 0 saturated heterocycles. The van der Waals surface area contributed by atoms with Crippen LogP contribution in [0.15, 0.2) is 97.5 Å². The molecule has 2 atom stereocenters. The molecule has 296 valence electrons. The number of rotatable bonds is 6. The van der Waals surface area contributed by atoms with Crippen LogP contribution in [0.3, 0.4) is 0 Å². The first-order valence-electron chi connectivity index (χ1n) is 18.1. The molecule has 0 amide bonds. The van der Waals surface area contributed by atoms with Crippen LogP contribution in [0.25, 0.3) is 22.2 Å². The van der Waals surface area contributed by atoms with Crippen LogP contribution < -0.4 is 9.47 Å². The quantitative estimate of drug-likeness (QED) is 0.166. The van der Waals surface area contributed by atoms with Gasteiger partial charge in [-0.2, -0.15) is 0 Å². The molecule has 2 fully saturated rings. The van der Waals surface area contributed by atoms with Gasteiger partial charge in [0.2, 0.25) is 12.5 Å². The van der Waals surface area contributed by atoms with Gasteiger partial charge in [-0.25, -0.2) is 23.7 Å². The molecule has 6 nitrogen and oxygen atoms in total. The van der Waals surface area contributed by atoms with E-state index in [2.05, 4.69) is 62.3 Å². The van der Waals surface area contributed by atoms with Gasteiger partial charge in [-0.05, 0) is 98.0 Å². The van der Waals surface area contributed by atoms with Crippen LogP contribution in [0.1, 0.15) is 88.3 Å². The summed E-state index contributed by atoms with van der Waals surface area (Å²) in [7, 11) is 0. The number of aromatic nitrogens is 3. The average molecular weight is 1050 g/mol. The Kier molecular flexibility index (Phi) is 11.1. The minimum atomic E-state index is -0.533. The molecule has 11 rings (SSSR count). The van der Waals surface area contributed by atoms with Crippen molar-refractivity contribution in [3.05, 3.63) is 145 Å². The lowest BCUT2D eigenvalue weighted by Crippen LogP contribution is -2.22. The SMILES string of the molecule is C.Fc1cc(Br)cc2c1-c1cc3cc(Cl)ccc3n1C(c1cnc(C3CC3)s1)O2.Fc1cc(Br)cc2c1C(Cc1cc(Cl)ccc1Br)=NC(c1cnc(C3CC3)s1)O2. The topological polar surface area (TPSA) is 61.5 Å². The monoisotopic (exact) mass is 1040 g/mol. The summed E-state index contributed by atoms with van der Waals surface area (Å²) in [4.78, 5) is 15.9. The highest BCUT2D eigenvalue weighted by Gasteiger charge is 2.35. The second kappa shape index (κ2) is 16.0. The molecule has 15 heteroatoms. The van der Waals surface area contributed by atoms with Gasteiger partial charge in [0.15, 0.2) is 0 Å². The molecule has 7 aromatic rings. The highest BCUT2D eigenvalue weighted by molar-refractivity contribution is 9.11. The molecule has 4 aliphatic rings. The molecule has 0 bridgehead atoms. The Bertz CT molecular complexity index is 2780. The summed E-state index contributed by atoms with van der Waals surface area (Å²) in [5.41, 5.74) is 4.18. The number of thiazole rings is 2. The van der Waals surface area contributed by atoms with Crippen molar-refractivity contribution in [2.75, 3.05) is 0 Å². The Morgan fingerprint density at radius 3 is 2.02 bits per heavy atom. The Balaban J connectivity index is 0.000000148. The average Bonchev–Trinajstić information content (AvgIpc) is 4.06. The maximum atomic E-state index is 14.9. The minimum Gasteiger partial charge on any atom is -0.464 e. The van der Waals surface area contributed by atoms with E-state index in [1.165, 1.54) is 37.8 Å². The van der Waals surface area contributed by atoms with Crippen molar-refractivity contribution >= 4 is 110 Å². The number of halogens is 7. The standard InChI is InChI=1S/C21H14Br2ClFN2OS.C21H13BrClFN2OS.CH4/c22-12-7-15(25)19-16(6-11-5-13(24)3-4-14(11)23)27-20(28-17(19)8-12)18-9-26-21(29-18)10-1-2-10;22-12-7-14(24)19-16-6-11-5-13(23)3-4-15(11)26(16)21(27-17(19)8-12)18-9-25-20(28-18)10-1-2-10;/h3-5,7-10,20H,1-2,6H2;3-10,21H,1-2H2;1H4. The predicted octanol–water partition coefficient (Wildman–Crippen LogP) is 15.2. The zero-order valence-corrected chi connectivity index (χ0v) is 37.3. The molecule has 0 N–H and O–H groups in total. The predicted molar refractivity (Wildman–Crippen MR) is 241 cm³/mol. The van der Waals surface area contributed by atoms with E-state index < -0.39 is 6.23 Å². The molecule has 2 aliphatic heterocycles. The molecule has 0 spiro atoms. The fourth-order valence-electron chi connectivity index (χ4n) is 7.16. The Hall–Kier alpha value is -3.17. The first-order chi connectivity index (χ1) is 27.6. The first kappa shape index (κ1) is 40.2. The second-order valence-electron chi connectivity index (χ2n) is 14.3. The zero-order valence-electron chi connectivity index (χ0n) is 29.4. The van der Waals surface area contributed by atoms with Gasteiger partial charge in [0, 0.05) is 59.5 Å². The summed E-state index contributed by atoms with van der Waals surface area (Å²) in [6, 6.07) is 19.8. The maximum absolute atomic E-state index is 14.9. The molecule has 2 saturated carbocycles. The number of hydrogen-bond donors (Lipinski definition) is 0. The van der Waals surface area contributed by atoms with Crippen molar-refractivity contribution in [2.24, 2.45) is 4.99 Å².